The van der Waals surface area contributed by atoms with Gasteiger partial charge in [0, 0.05) is 52.6 Å². The number of carbonyl (C=O) groups is 1. The SMILES string of the molecule is CCOC(=O)C1=C(c2ccccc2)N=c2s/c(=C\c3cc([N+](=O)[O-])ccc3N3CCC(C)CC3)c(=O)n2[C@H]1c1cc(Cl)ccc1OC. The van der Waals surface area contributed by atoms with E-state index >= 15 is 0 Å². The number of carbonyl (C=O) groups excluding carboxylic acids is 1. The fraction of sp³-hybridized carbons (Fsp3) is 0.286. The molecule has 4 aromatic rings. The standard InChI is InChI=1S/C35H33ClN4O6S/c1-4-46-34(42)30-31(22-8-6-5-7-9-22)37-35-39(32(30)26-20-24(36)10-13-28(26)45-3)33(41)29(47-35)19-23-18-25(40(43)44)11-12-27(23)38-16-14-21(2)15-17-38/h5-13,18-21,32H,4,14-17H2,1-3H3/b29-19-/t32-/m0/s1. The summed E-state index contributed by atoms with van der Waals surface area (Å²) in [5.74, 6) is 0.384. The maximum atomic E-state index is 14.5. The maximum absolute atomic E-state index is 14.5. The van der Waals surface area contributed by atoms with Gasteiger partial charge < -0.3 is 14.4 Å². The molecule has 0 radical (unpaired) electrons. The van der Waals surface area contributed by atoms with E-state index in [4.69, 9.17) is 26.1 Å². The number of halogens is 1. The number of aromatic nitrogens is 1. The second-order valence-corrected chi connectivity index (χ2v) is 12.9. The van der Waals surface area contributed by atoms with Gasteiger partial charge in [-0.15, -0.1) is 0 Å². The summed E-state index contributed by atoms with van der Waals surface area (Å²) in [6, 6.07) is 18.0. The lowest BCUT2D eigenvalue weighted by Gasteiger charge is -2.33. The summed E-state index contributed by atoms with van der Waals surface area (Å²) in [5.41, 5.74) is 2.56. The Morgan fingerprint density at radius 2 is 1.87 bits per heavy atom. The van der Waals surface area contributed by atoms with Gasteiger partial charge in [-0.25, -0.2) is 9.79 Å². The highest BCUT2D eigenvalue weighted by atomic mass is 35.5. The molecule has 10 nitrogen and oxygen atoms in total. The Labute approximate surface area is 280 Å². The Balaban J connectivity index is 1.64. The normalized spacial score (nSPS) is 16.9. The smallest absolute Gasteiger partial charge is 0.338 e. The van der Waals surface area contributed by atoms with E-state index in [0.29, 0.717) is 48.4 Å². The monoisotopic (exact) mass is 672 g/mol. The molecule has 1 atom stereocenters. The van der Waals surface area contributed by atoms with Crippen molar-refractivity contribution in [1.82, 2.24) is 4.57 Å². The molecule has 2 aliphatic heterocycles. The van der Waals surface area contributed by atoms with Crippen molar-refractivity contribution < 1.29 is 19.2 Å². The Morgan fingerprint density at radius 3 is 2.55 bits per heavy atom. The van der Waals surface area contributed by atoms with Crippen molar-refractivity contribution in [3.05, 3.63) is 124 Å². The molecule has 6 rings (SSSR count). The van der Waals surface area contributed by atoms with Crippen LogP contribution in [0.2, 0.25) is 5.02 Å². The Bertz CT molecular complexity index is 2070. The lowest BCUT2D eigenvalue weighted by molar-refractivity contribution is -0.384. The van der Waals surface area contributed by atoms with Crippen molar-refractivity contribution in [3.8, 4) is 5.75 Å². The molecule has 0 unspecified atom stereocenters. The van der Waals surface area contributed by atoms with Gasteiger partial charge in [-0.2, -0.15) is 0 Å². The number of nitro groups is 1. The second-order valence-electron chi connectivity index (χ2n) is 11.5. The molecule has 1 saturated heterocycles. The van der Waals surface area contributed by atoms with Crippen molar-refractivity contribution >= 4 is 52.1 Å². The zero-order chi connectivity index (χ0) is 33.2. The van der Waals surface area contributed by atoms with Gasteiger partial charge >= 0.3 is 5.97 Å². The molecule has 12 heteroatoms. The lowest BCUT2D eigenvalue weighted by atomic mass is 9.92. The van der Waals surface area contributed by atoms with E-state index in [0.717, 1.165) is 43.0 Å². The first-order valence-corrected chi connectivity index (χ1v) is 16.5. The molecule has 3 heterocycles. The van der Waals surface area contributed by atoms with Crippen LogP contribution in [0.4, 0.5) is 11.4 Å². The zero-order valence-corrected chi connectivity index (χ0v) is 27.7. The number of nitro benzene ring substituents is 1. The van der Waals surface area contributed by atoms with Gasteiger partial charge in [-0.1, -0.05) is 60.2 Å². The summed E-state index contributed by atoms with van der Waals surface area (Å²) in [4.78, 5) is 47.1. The molecule has 47 heavy (non-hydrogen) atoms. The number of methoxy groups -OCH3 is 1. The Hall–Kier alpha value is -4.74. The number of rotatable bonds is 8. The Kier molecular flexibility index (Phi) is 9.28. The highest BCUT2D eigenvalue weighted by Gasteiger charge is 2.37. The summed E-state index contributed by atoms with van der Waals surface area (Å²) in [7, 11) is 1.51. The number of thiazole rings is 1. The van der Waals surface area contributed by atoms with E-state index in [1.165, 1.54) is 23.8 Å². The first-order valence-electron chi connectivity index (χ1n) is 15.4. The summed E-state index contributed by atoms with van der Waals surface area (Å²) in [5, 5.41) is 12.2. The molecule has 3 aromatic carbocycles. The number of nitrogens with zero attached hydrogens (tertiary/aromatic N) is 4. The molecule has 0 aliphatic carbocycles. The number of fused-ring (bicyclic) bond motifs is 1. The number of anilines is 1. The highest BCUT2D eigenvalue weighted by molar-refractivity contribution is 7.07. The third kappa shape index (κ3) is 6.33. The number of benzene rings is 3. The molecule has 1 aromatic heterocycles. The largest absolute Gasteiger partial charge is 0.496 e. The van der Waals surface area contributed by atoms with Gasteiger partial charge in [-0.05, 0) is 56.0 Å². The van der Waals surface area contributed by atoms with Crippen LogP contribution >= 0.6 is 22.9 Å². The van der Waals surface area contributed by atoms with Gasteiger partial charge in [0.1, 0.15) is 11.8 Å². The van der Waals surface area contributed by atoms with Crippen LogP contribution in [-0.4, -0.2) is 42.3 Å². The molecule has 0 spiro atoms. The van der Waals surface area contributed by atoms with Crippen LogP contribution in [0.3, 0.4) is 0 Å². The average molecular weight is 673 g/mol. The van der Waals surface area contributed by atoms with Crippen LogP contribution in [-0.2, 0) is 9.53 Å². The number of esters is 1. The van der Waals surface area contributed by atoms with Gasteiger partial charge in [-0.3, -0.25) is 19.5 Å². The summed E-state index contributed by atoms with van der Waals surface area (Å²) in [6.45, 7) is 5.65. The van der Waals surface area contributed by atoms with Crippen LogP contribution in [0.1, 0.15) is 49.4 Å². The number of hydrogen-bond acceptors (Lipinski definition) is 9. The molecule has 0 N–H and O–H groups in total. The van der Waals surface area contributed by atoms with Crippen LogP contribution < -0.4 is 24.5 Å². The van der Waals surface area contributed by atoms with Crippen LogP contribution in [0, 0.1) is 16.0 Å². The summed E-state index contributed by atoms with van der Waals surface area (Å²) < 4.78 is 13.0. The molecule has 0 saturated carbocycles. The highest BCUT2D eigenvalue weighted by Crippen LogP contribution is 2.40. The van der Waals surface area contributed by atoms with Crippen LogP contribution in [0.15, 0.2) is 82.1 Å². The predicted octanol–water partition coefficient (Wildman–Crippen LogP) is 5.74. The van der Waals surface area contributed by atoms with Gasteiger partial charge in [0.25, 0.3) is 11.2 Å². The minimum Gasteiger partial charge on any atom is -0.496 e. The van der Waals surface area contributed by atoms with Crippen LogP contribution in [0.25, 0.3) is 11.8 Å². The third-order valence-corrected chi connectivity index (χ3v) is 9.71. The third-order valence-electron chi connectivity index (χ3n) is 8.49. The first kappa shape index (κ1) is 32.2. The predicted molar refractivity (Wildman–Crippen MR) is 183 cm³/mol. The van der Waals surface area contributed by atoms with E-state index < -0.39 is 22.5 Å². The maximum Gasteiger partial charge on any atom is 0.338 e. The van der Waals surface area contributed by atoms with E-state index in [-0.39, 0.29) is 17.9 Å². The van der Waals surface area contributed by atoms with Gasteiger partial charge in [0.05, 0.1) is 34.4 Å². The zero-order valence-electron chi connectivity index (χ0n) is 26.1. The number of ether oxygens (including phenoxy) is 2. The van der Waals surface area contributed by atoms with Crippen LogP contribution in [0.5, 0.6) is 5.75 Å². The number of hydrogen-bond donors (Lipinski definition) is 0. The van der Waals surface area contributed by atoms with E-state index in [9.17, 15) is 19.7 Å². The van der Waals surface area contributed by atoms with Crippen molar-refractivity contribution in [2.24, 2.45) is 10.9 Å². The first-order chi connectivity index (χ1) is 22.7. The topological polar surface area (TPSA) is 116 Å². The summed E-state index contributed by atoms with van der Waals surface area (Å²) in [6.07, 6.45) is 3.69. The molecule has 0 bridgehead atoms. The Morgan fingerprint density at radius 1 is 1.13 bits per heavy atom. The summed E-state index contributed by atoms with van der Waals surface area (Å²) >= 11 is 7.64. The molecular formula is C35H33ClN4O6S. The van der Waals surface area contributed by atoms with Gasteiger partial charge in [0.15, 0.2) is 4.80 Å². The molecule has 2 aliphatic rings. The molecule has 0 amide bonds. The molecule has 242 valence electrons. The average Bonchev–Trinajstić information content (AvgIpc) is 3.38. The fourth-order valence-electron chi connectivity index (χ4n) is 6.10. The van der Waals surface area contributed by atoms with Crippen molar-refractivity contribution in [1.29, 1.82) is 0 Å². The van der Waals surface area contributed by atoms with Crippen molar-refractivity contribution in [3.63, 3.8) is 0 Å². The number of piperidine rings is 1. The van der Waals surface area contributed by atoms with E-state index in [1.807, 2.05) is 30.3 Å². The second kappa shape index (κ2) is 13.5. The van der Waals surface area contributed by atoms with Crippen molar-refractivity contribution in [2.45, 2.75) is 32.7 Å². The minimum atomic E-state index is -0.996. The molecule has 1 fully saturated rings. The minimum absolute atomic E-state index is 0.0735. The van der Waals surface area contributed by atoms with Gasteiger partial charge in [0.2, 0.25) is 0 Å². The van der Waals surface area contributed by atoms with Crippen molar-refractivity contribution in [2.75, 3.05) is 31.7 Å². The molecular weight excluding hydrogens is 640 g/mol. The van der Waals surface area contributed by atoms with E-state index in [2.05, 4.69) is 11.8 Å². The lowest BCUT2D eigenvalue weighted by Crippen LogP contribution is -2.40. The fourth-order valence-corrected chi connectivity index (χ4v) is 7.28. The quantitative estimate of drug-likeness (QED) is 0.133. The number of non-ortho nitro benzene ring substituents is 1. The van der Waals surface area contributed by atoms with E-state index in [1.54, 1.807) is 37.3 Å².